The van der Waals surface area contributed by atoms with Gasteiger partial charge in [-0.3, -0.25) is 4.79 Å². The van der Waals surface area contributed by atoms with Gasteiger partial charge in [0.25, 0.3) is 5.91 Å². The van der Waals surface area contributed by atoms with Crippen molar-refractivity contribution in [2.45, 2.75) is 6.42 Å². The third kappa shape index (κ3) is 4.19. The molecule has 5 heteroatoms. The summed E-state index contributed by atoms with van der Waals surface area (Å²) in [4.78, 5) is 11.7. The zero-order valence-corrected chi connectivity index (χ0v) is 10.8. The highest BCUT2D eigenvalue weighted by Crippen LogP contribution is 2.23. The molecule has 0 bridgehead atoms. The van der Waals surface area contributed by atoms with Crippen molar-refractivity contribution in [3.05, 3.63) is 23.8 Å². The second-order valence-electron chi connectivity index (χ2n) is 3.49. The van der Waals surface area contributed by atoms with Gasteiger partial charge in [0.1, 0.15) is 11.5 Å². The van der Waals surface area contributed by atoms with Crippen LogP contribution in [0.15, 0.2) is 18.2 Å². The minimum atomic E-state index is -0.258. The number of phenols is 1. The summed E-state index contributed by atoms with van der Waals surface area (Å²) in [5, 5.41) is 12.4. The van der Waals surface area contributed by atoms with E-state index in [2.05, 4.69) is 5.32 Å². The largest absolute Gasteiger partial charge is 0.507 e. The minimum Gasteiger partial charge on any atom is -0.507 e. The molecule has 0 aliphatic carbocycles. The number of hydrogen-bond donors (Lipinski definition) is 2. The lowest BCUT2D eigenvalue weighted by atomic mass is 10.2. The number of nitrogens with one attached hydrogen (secondary N) is 1. The highest BCUT2D eigenvalue weighted by molar-refractivity contribution is 7.98. The van der Waals surface area contributed by atoms with Crippen LogP contribution in [0.4, 0.5) is 0 Å². The molecule has 0 saturated heterocycles. The quantitative estimate of drug-likeness (QED) is 0.762. The summed E-state index contributed by atoms with van der Waals surface area (Å²) < 4.78 is 4.95. The Hall–Kier alpha value is -1.36. The van der Waals surface area contributed by atoms with Crippen LogP contribution in [0.25, 0.3) is 0 Å². The Morgan fingerprint density at radius 1 is 1.53 bits per heavy atom. The van der Waals surface area contributed by atoms with E-state index in [0.717, 1.165) is 12.2 Å². The maximum atomic E-state index is 11.7. The number of rotatable bonds is 6. The van der Waals surface area contributed by atoms with Crippen LogP contribution in [0, 0.1) is 0 Å². The van der Waals surface area contributed by atoms with Crippen molar-refractivity contribution >= 4 is 17.7 Å². The molecule has 17 heavy (non-hydrogen) atoms. The van der Waals surface area contributed by atoms with Crippen molar-refractivity contribution < 1.29 is 14.6 Å². The molecule has 94 valence electrons. The van der Waals surface area contributed by atoms with Crippen LogP contribution in [0.1, 0.15) is 16.8 Å². The number of carbonyl (C=O) groups excluding carboxylic acids is 1. The molecule has 0 fully saturated rings. The number of thioether (sulfide) groups is 1. The highest BCUT2D eigenvalue weighted by atomic mass is 32.2. The molecule has 0 aromatic heterocycles. The van der Waals surface area contributed by atoms with E-state index in [-0.39, 0.29) is 17.2 Å². The second-order valence-corrected chi connectivity index (χ2v) is 4.47. The summed E-state index contributed by atoms with van der Waals surface area (Å²) in [6.07, 6.45) is 2.95. The van der Waals surface area contributed by atoms with Crippen LogP contribution in [0.5, 0.6) is 11.5 Å². The zero-order chi connectivity index (χ0) is 12.7. The Kier molecular flexibility index (Phi) is 5.69. The van der Waals surface area contributed by atoms with Gasteiger partial charge in [-0.1, -0.05) is 0 Å². The Morgan fingerprint density at radius 2 is 2.29 bits per heavy atom. The molecule has 1 amide bonds. The Morgan fingerprint density at radius 3 is 2.88 bits per heavy atom. The number of ether oxygens (including phenoxy) is 1. The van der Waals surface area contributed by atoms with E-state index >= 15 is 0 Å². The lowest BCUT2D eigenvalue weighted by Crippen LogP contribution is -2.24. The molecule has 0 unspecified atom stereocenters. The van der Waals surface area contributed by atoms with Gasteiger partial charge in [0.15, 0.2) is 0 Å². The molecule has 0 aliphatic heterocycles. The second kappa shape index (κ2) is 7.06. The lowest BCUT2D eigenvalue weighted by molar-refractivity contribution is 0.0951. The normalized spacial score (nSPS) is 10.0. The summed E-state index contributed by atoms with van der Waals surface area (Å²) in [7, 11) is 1.51. The molecule has 1 aromatic carbocycles. The van der Waals surface area contributed by atoms with Gasteiger partial charge in [0.2, 0.25) is 0 Å². The van der Waals surface area contributed by atoms with Crippen LogP contribution in [-0.2, 0) is 0 Å². The van der Waals surface area contributed by atoms with Gasteiger partial charge in [0.05, 0.1) is 12.7 Å². The summed E-state index contributed by atoms with van der Waals surface area (Å²) in [5.41, 5.74) is 0.273. The Labute approximate surface area is 105 Å². The van der Waals surface area contributed by atoms with Gasteiger partial charge in [-0.05, 0) is 30.6 Å². The van der Waals surface area contributed by atoms with Gasteiger partial charge in [-0.15, -0.1) is 0 Å². The smallest absolute Gasteiger partial charge is 0.255 e. The number of phenolic OH excluding ortho intramolecular Hbond substituents is 1. The number of amides is 1. The lowest BCUT2D eigenvalue weighted by Gasteiger charge is -2.07. The fourth-order valence-corrected chi connectivity index (χ4v) is 1.78. The first-order chi connectivity index (χ1) is 8.19. The van der Waals surface area contributed by atoms with E-state index in [0.29, 0.717) is 12.3 Å². The summed E-state index contributed by atoms with van der Waals surface area (Å²) in [6, 6.07) is 4.63. The minimum absolute atomic E-state index is 0.0632. The first-order valence-corrected chi connectivity index (χ1v) is 6.72. The predicted molar refractivity (Wildman–Crippen MR) is 70.0 cm³/mol. The average Bonchev–Trinajstić information content (AvgIpc) is 2.34. The molecular formula is C12H17NO3S. The van der Waals surface area contributed by atoms with E-state index in [4.69, 9.17) is 4.74 Å². The summed E-state index contributed by atoms with van der Waals surface area (Å²) in [5.74, 6) is 1.22. The van der Waals surface area contributed by atoms with E-state index in [1.807, 2.05) is 6.26 Å². The standard InChI is InChI=1S/C12H17NO3S/c1-16-9-4-5-10(11(14)8-9)12(15)13-6-3-7-17-2/h4-5,8,14H,3,6-7H2,1-2H3,(H,13,15). The molecule has 1 aromatic rings. The molecule has 0 spiro atoms. The molecule has 0 heterocycles. The fraction of sp³-hybridized carbons (Fsp3) is 0.417. The molecular weight excluding hydrogens is 238 g/mol. The van der Waals surface area contributed by atoms with Crippen LogP contribution in [0.2, 0.25) is 0 Å². The molecule has 0 aliphatic rings. The Balaban J connectivity index is 2.57. The molecule has 0 atom stereocenters. The first kappa shape index (κ1) is 13.7. The third-order valence-electron chi connectivity index (χ3n) is 2.26. The van der Waals surface area contributed by atoms with Crippen molar-refractivity contribution in [1.29, 1.82) is 0 Å². The van der Waals surface area contributed by atoms with Crippen molar-refractivity contribution in [1.82, 2.24) is 5.32 Å². The number of methoxy groups -OCH3 is 1. The van der Waals surface area contributed by atoms with Gasteiger partial charge >= 0.3 is 0 Å². The zero-order valence-electron chi connectivity index (χ0n) is 10.0. The molecule has 1 rings (SSSR count). The van der Waals surface area contributed by atoms with Crippen LogP contribution >= 0.6 is 11.8 Å². The van der Waals surface area contributed by atoms with E-state index < -0.39 is 0 Å². The first-order valence-electron chi connectivity index (χ1n) is 5.33. The van der Waals surface area contributed by atoms with Gasteiger partial charge in [0, 0.05) is 12.6 Å². The van der Waals surface area contributed by atoms with E-state index in [1.165, 1.54) is 13.2 Å². The number of hydrogen-bond acceptors (Lipinski definition) is 4. The fourth-order valence-electron chi connectivity index (χ4n) is 1.34. The molecule has 2 N–H and O–H groups in total. The summed E-state index contributed by atoms with van der Waals surface area (Å²) >= 11 is 1.74. The molecule has 0 radical (unpaired) electrons. The maximum absolute atomic E-state index is 11.7. The van der Waals surface area contributed by atoms with E-state index in [1.54, 1.807) is 23.9 Å². The maximum Gasteiger partial charge on any atom is 0.255 e. The SMILES string of the molecule is COc1ccc(C(=O)NCCCSC)c(O)c1. The highest BCUT2D eigenvalue weighted by Gasteiger charge is 2.10. The number of aromatic hydroxyl groups is 1. The third-order valence-corrected chi connectivity index (χ3v) is 2.96. The van der Waals surface area contributed by atoms with Crippen LogP contribution < -0.4 is 10.1 Å². The van der Waals surface area contributed by atoms with Crippen LogP contribution in [0.3, 0.4) is 0 Å². The topological polar surface area (TPSA) is 58.6 Å². The van der Waals surface area contributed by atoms with Crippen molar-refractivity contribution in [2.24, 2.45) is 0 Å². The van der Waals surface area contributed by atoms with Gasteiger partial charge in [-0.2, -0.15) is 11.8 Å². The number of benzene rings is 1. The number of carbonyl (C=O) groups is 1. The molecule has 0 saturated carbocycles. The predicted octanol–water partition coefficient (Wildman–Crippen LogP) is 1.88. The van der Waals surface area contributed by atoms with Crippen molar-refractivity contribution in [3.8, 4) is 11.5 Å². The van der Waals surface area contributed by atoms with Crippen molar-refractivity contribution in [2.75, 3.05) is 25.7 Å². The van der Waals surface area contributed by atoms with Gasteiger partial charge in [-0.25, -0.2) is 0 Å². The van der Waals surface area contributed by atoms with Crippen molar-refractivity contribution in [3.63, 3.8) is 0 Å². The monoisotopic (exact) mass is 255 g/mol. The summed E-state index contributed by atoms with van der Waals surface area (Å²) in [6.45, 7) is 0.616. The Bertz CT molecular complexity index is 382. The van der Waals surface area contributed by atoms with Gasteiger partial charge < -0.3 is 15.2 Å². The van der Waals surface area contributed by atoms with E-state index in [9.17, 15) is 9.90 Å². The molecule has 4 nitrogen and oxygen atoms in total. The average molecular weight is 255 g/mol. The van der Waals surface area contributed by atoms with Crippen LogP contribution in [-0.4, -0.2) is 36.7 Å².